The predicted molar refractivity (Wildman–Crippen MR) is 102 cm³/mol. The van der Waals surface area contributed by atoms with Gasteiger partial charge in [-0.1, -0.05) is 17.7 Å². The zero-order valence-electron chi connectivity index (χ0n) is 15.7. The first-order chi connectivity index (χ1) is 11.4. The van der Waals surface area contributed by atoms with Crippen LogP contribution in [0.5, 0.6) is 0 Å². The van der Waals surface area contributed by atoms with Crippen molar-refractivity contribution < 1.29 is 23.1 Å². The molecule has 0 unspecified atom stereocenters. The Bertz CT molecular complexity index is 627. The lowest BCUT2D eigenvalue weighted by atomic mass is 10.1. The van der Waals surface area contributed by atoms with Gasteiger partial charge < -0.3 is 14.6 Å². The van der Waals surface area contributed by atoms with E-state index in [-0.39, 0.29) is 17.6 Å². The molecule has 1 rings (SSSR count). The number of aryl methyl sites for hydroxylation is 1. The smallest absolute Gasteiger partial charge is 0.240 e. The van der Waals surface area contributed by atoms with Crippen molar-refractivity contribution in [2.75, 3.05) is 6.61 Å². The van der Waals surface area contributed by atoms with Crippen molar-refractivity contribution in [3.8, 4) is 0 Å². The van der Waals surface area contributed by atoms with Gasteiger partial charge in [-0.2, -0.15) is 0 Å². The molecule has 0 aliphatic heterocycles. The molecule has 0 saturated heterocycles. The summed E-state index contributed by atoms with van der Waals surface area (Å²) in [6, 6.07) is 6.21. The Balaban J connectivity index is 2.88. The zero-order chi connectivity index (χ0) is 19.3. The van der Waals surface area contributed by atoms with E-state index in [9.17, 15) is 13.5 Å². The van der Waals surface area contributed by atoms with Crippen LogP contribution in [0.4, 0.5) is 0 Å². The van der Waals surface area contributed by atoms with Crippen molar-refractivity contribution in [3.63, 3.8) is 0 Å². The lowest BCUT2D eigenvalue weighted by Gasteiger charge is -2.31. The van der Waals surface area contributed by atoms with E-state index in [2.05, 4.69) is 4.72 Å². The molecule has 0 saturated carbocycles. The third kappa shape index (κ3) is 7.97. The van der Waals surface area contributed by atoms with Crippen molar-refractivity contribution in [3.05, 3.63) is 29.8 Å². The van der Waals surface area contributed by atoms with Crippen LogP contribution < -0.4 is 4.72 Å². The minimum absolute atomic E-state index is 0.215. The van der Waals surface area contributed by atoms with Crippen molar-refractivity contribution in [2.24, 2.45) is 0 Å². The van der Waals surface area contributed by atoms with Crippen LogP contribution in [-0.2, 0) is 14.4 Å². The third-order valence-electron chi connectivity index (χ3n) is 3.73. The van der Waals surface area contributed by atoms with Gasteiger partial charge in [-0.3, -0.25) is 0 Å². The molecule has 6 nitrogen and oxygen atoms in total. The Morgan fingerprint density at radius 1 is 1.16 bits per heavy atom. The molecule has 0 aliphatic rings. The first-order valence-electron chi connectivity index (χ1n) is 8.50. The van der Waals surface area contributed by atoms with Crippen molar-refractivity contribution in [1.82, 2.24) is 4.72 Å². The fourth-order valence-corrected chi connectivity index (χ4v) is 4.92. The van der Waals surface area contributed by atoms with Gasteiger partial charge in [-0.15, -0.1) is 0 Å². The zero-order valence-corrected chi connectivity index (χ0v) is 17.5. The van der Waals surface area contributed by atoms with Crippen LogP contribution >= 0.6 is 0 Å². The van der Waals surface area contributed by atoms with E-state index in [0.29, 0.717) is 12.8 Å². The summed E-state index contributed by atoms with van der Waals surface area (Å²) in [4.78, 5) is 0.215. The average molecular weight is 390 g/mol. The van der Waals surface area contributed by atoms with Crippen LogP contribution in [-0.4, -0.2) is 51.8 Å². The Kier molecular flexibility index (Phi) is 8.24. The third-order valence-corrected chi connectivity index (χ3v) is 6.31. The molecule has 25 heavy (non-hydrogen) atoms. The molecule has 144 valence electrons. The Hall–Kier alpha value is -0.773. The van der Waals surface area contributed by atoms with Crippen molar-refractivity contribution >= 4 is 18.3 Å². The van der Waals surface area contributed by atoms with Gasteiger partial charge in [-0.25, -0.2) is 13.1 Å². The second-order valence-electron chi connectivity index (χ2n) is 7.41. The molecule has 0 bridgehead atoms. The lowest BCUT2D eigenvalue weighted by molar-refractivity contribution is 0.0669. The fourth-order valence-electron chi connectivity index (χ4n) is 2.42. The van der Waals surface area contributed by atoms with E-state index < -0.39 is 30.5 Å². The second kappa shape index (κ2) is 9.25. The molecule has 3 N–H and O–H groups in total. The van der Waals surface area contributed by atoms with Gasteiger partial charge in [-0.05, 0) is 58.5 Å². The number of hydrogen-bond donors (Lipinski definition) is 3. The Morgan fingerprint density at radius 3 is 2.20 bits per heavy atom. The van der Waals surface area contributed by atoms with Crippen molar-refractivity contribution in [2.45, 2.75) is 69.5 Å². The number of nitrogens with one attached hydrogen (secondary N) is 1. The van der Waals surface area contributed by atoms with Crippen LogP contribution in [0, 0.1) is 6.92 Å². The van der Waals surface area contributed by atoms with Gasteiger partial charge >= 0.3 is 0 Å². The fraction of sp³-hybridized carbons (Fsp3) is 0.647. The predicted octanol–water partition coefficient (Wildman–Crippen LogP) is 2.02. The van der Waals surface area contributed by atoms with Gasteiger partial charge in [0.15, 0.2) is 8.32 Å². The van der Waals surface area contributed by atoms with Crippen LogP contribution in [0.1, 0.15) is 25.3 Å². The highest BCUT2D eigenvalue weighted by molar-refractivity contribution is 7.89. The van der Waals surface area contributed by atoms with Crippen LogP contribution in [0.2, 0.25) is 19.6 Å². The van der Waals surface area contributed by atoms with Crippen LogP contribution in [0.15, 0.2) is 29.2 Å². The minimum atomic E-state index is -3.65. The van der Waals surface area contributed by atoms with Gasteiger partial charge in [0.05, 0.1) is 23.7 Å². The van der Waals surface area contributed by atoms with E-state index >= 15 is 0 Å². The molecule has 1 aromatic carbocycles. The Morgan fingerprint density at radius 2 is 1.72 bits per heavy atom. The largest absolute Gasteiger partial charge is 0.413 e. The molecule has 1 aromatic rings. The van der Waals surface area contributed by atoms with E-state index in [4.69, 9.17) is 9.53 Å². The standard InChI is InChI=1S/C17H31NO5SSi/c1-13-6-9-16(10-7-13)24(21,22)18-14(2)17(23-25(3,4)5)11-8-15(20)12-19/h6-7,9-10,14-15,17-20H,8,11-12H2,1-5H3/t14-,15-,17-/m0/s1. The number of aliphatic hydroxyl groups is 2. The molecule has 0 radical (unpaired) electrons. The molecule has 0 fully saturated rings. The molecule has 8 heteroatoms. The summed E-state index contributed by atoms with van der Waals surface area (Å²) in [5.74, 6) is 0. The lowest BCUT2D eigenvalue weighted by Crippen LogP contribution is -2.46. The number of rotatable bonds is 10. The normalized spacial score (nSPS) is 16.4. The number of aliphatic hydroxyl groups excluding tert-OH is 2. The quantitative estimate of drug-likeness (QED) is 0.532. The summed E-state index contributed by atoms with van der Waals surface area (Å²) in [5, 5.41) is 18.6. The molecular weight excluding hydrogens is 358 g/mol. The van der Waals surface area contributed by atoms with E-state index in [1.54, 1.807) is 31.2 Å². The summed E-state index contributed by atoms with van der Waals surface area (Å²) >= 11 is 0. The average Bonchev–Trinajstić information content (AvgIpc) is 2.49. The maximum absolute atomic E-state index is 12.6. The Labute approximate surface area is 152 Å². The number of sulfonamides is 1. The number of hydrogen-bond acceptors (Lipinski definition) is 5. The molecule has 0 spiro atoms. The second-order valence-corrected chi connectivity index (χ2v) is 13.6. The van der Waals surface area contributed by atoms with Gasteiger partial charge in [0.25, 0.3) is 0 Å². The maximum atomic E-state index is 12.6. The summed E-state index contributed by atoms with van der Waals surface area (Å²) in [6.45, 7) is 9.44. The first kappa shape index (κ1) is 22.3. The highest BCUT2D eigenvalue weighted by atomic mass is 32.2. The summed E-state index contributed by atoms with van der Waals surface area (Å²) in [7, 11) is -5.55. The molecule has 0 heterocycles. The summed E-state index contributed by atoms with van der Waals surface area (Å²) < 4.78 is 33.9. The molecule has 0 amide bonds. The van der Waals surface area contributed by atoms with Crippen LogP contribution in [0.3, 0.4) is 0 Å². The highest BCUT2D eigenvalue weighted by Crippen LogP contribution is 2.18. The first-order valence-corrected chi connectivity index (χ1v) is 13.4. The monoisotopic (exact) mass is 389 g/mol. The van der Waals surface area contributed by atoms with Gasteiger partial charge in [0, 0.05) is 6.04 Å². The summed E-state index contributed by atoms with van der Waals surface area (Å²) in [6.07, 6.45) is -0.382. The van der Waals surface area contributed by atoms with Crippen molar-refractivity contribution in [1.29, 1.82) is 0 Å². The molecular formula is C17H31NO5SSi. The topological polar surface area (TPSA) is 95.9 Å². The van der Waals surface area contributed by atoms with Crippen LogP contribution in [0.25, 0.3) is 0 Å². The maximum Gasteiger partial charge on any atom is 0.240 e. The molecule has 0 aromatic heterocycles. The van der Waals surface area contributed by atoms with Gasteiger partial charge in [0.1, 0.15) is 0 Å². The van der Waals surface area contributed by atoms with E-state index in [0.717, 1.165) is 5.56 Å². The molecule has 0 aliphatic carbocycles. The van der Waals surface area contributed by atoms with E-state index in [1.165, 1.54) is 0 Å². The van der Waals surface area contributed by atoms with E-state index in [1.807, 2.05) is 26.6 Å². The minimum Gasteiger partial charge on any atom is -0.413 e. The molecule has 3 atom stereocenters. The van der Waals surface area contributed by atoms with Gasteiger partial charge in [0.2, 0.25) is 10.0 Å². The summed E-state index contributed by atoms with van der Waals surface area (Å²) in [5.41, 5.74) is 0.991. The number of benzene rings is 1. The highest BCUT2D eigenvalue weighted by Gasteiger charge is 2.29. The SMILES string of the molecule is Cc1ccc(S(=O)(=O)N[C@@H](C)[C@H](CC[C@H](O)CO)O[Si](C)(C)C)cc1.